The summed E-state index contributed by atoms with van der Waals surface area (Å²) in [5, 5.41) is 9.14. The maximum atomic E-state index is 12.8. The first-order valence-electron chi connectivity index (χ1n) is 7.72. The smallest absolute Gasteiger partial charge is 0.335 e. The molecule has 0 fully saturated rings. The number of benzene rings is 2. The normalized spacial score (nSPS) is 15.6. The van der Waals surface area contributed by atoms with Gasteiger partial charge in [-0.15, -0.1) is 0 Å². The van der Waals surface area contributed by atoms with Gasteiger partial charge in [0.1, 0.15) is 5.75 Å². The molecule has 0 bridgehead atoms. The van der Waals surface area contributed by atoms with Crippen LogP contribution in [0.25, 0.3) is 0 Å². The molecule has 0 saturated carbocycles. The van der Waals surface area contributed by atoms with E-state index in [1.807, 2.05) is 31.2 Å². The first kappa shape index (κ1) is 16.1. The summed E-state index contributed by atoms with van der Waals surface area (Å²) in [6, 6.07) is 12.3. The van der Waals surface area contributed by atoms with Gasteiger partial charge >= 0.3 is 5.97 Å². The van der Waals surface area contributed by atoms with Crippen LogP contribution in [0, 0.1) is 6.92 Å². The van der Waals surface area contributed by atoms with Crippen molar-refractivity contribution >= 4 is 17.6 Å². The standard InChI is InChI=1S/C19H19NO4/c1-12-7-8-15-16(9-12)24-19(2,3)18(23)20(15)11-13-5-4-6-14(10-13)17(21)22/h4-10H,11H2,1-3H3,(H,21,22). The van der Waals surface area contributed by atoms with E-state index in [0.29, 0.717) is 18.0 Å². The van der Waals surface area contributed by atoms with Crippen LogP contribution in [0.3, 0.4) is 0 Å². The number of carboxylic acids is 1. The molecule has 3 rings (SSSR count). The van der Waals surface area contributed by atoms with Crippen molar-refractivity contribution in [1.29, 1.82) is 0 Å². The second-order valence-electron chi connectivity index (χ2n) is 6.48. The highest BCUT2D eigenvalue weighted by Gasteiger charge is 2.40. The Bertz CT molecular complexity index is 826. The molecule has 0 spiro atoms. The minimum Gasteiger partial charge on any atom is -0.478 e. The van der Waals surface area contributed by atoms with Crippen LogP contribution in [-0.2, 0) is 11.3 Å². The van der Waals surface area contributed by atoms with Crippen molar-refractivity contribution in [3.63, 3.8) is 0 Å². The fourth-order valence-electron chi connectivity index (χ4n) is 2.82. The molecular weight excluding hydrogens is 306 g/mol. The zero-order valence-corrected chi connectivity index (χ0v) is 13.9. The van der Waals surface area contributed by atoms with Crippen molar-refractivity contribution in [1.82, 2.24) is 0 Å². The van der Waals surface area contributed by atoms with E-state index >= 15 is 0 Å². The number of hydrogen-bond acceptors (Lipinski definition) is 3. The van der Waals surface area contributed by atoms with Crippen LogP contribution in [0.2, 0.25) is 0 Å². The fourth-order valence-corrected chi connectivity index (χ4v) is 2.82. The lowest BCUT2D eigenvalue weighted by Crippen LogP contribution is -2.52. The van der Waals surface area contributed by atoms with Gasteiger partial charge < -0.3 is 14.7 Å². The monoisotopic (exact) mass is 325 g/mol. The molecule has 1 aliphatic heterocycles. The average Bonchev–Trinajstić information content (AvgIpc) is 2.51. The fraction of sp³-hybridized carbons (Fsp3) is 0.263. The molecule has 2 aromatic carbocycles. The van der Waals surface area contributed by atoms with Gasteiger partial charge in [-0.05, 0) is 56.2 Å². The predicted molar refractivity (Wildman–Crippen MR) is 90.5 cm³/mol. The Morgan fingerprint density at radius 2 is 1.96 bits per heavy atom. The molecule has 5 nitrogen and oxygen atoms in total. The number of hydrogen-bond donors (Lipinski definition) is 1. The van der Waals surface area contributed by atoms with Gasteiger partial charge in [-0.2, -0.15) is 0 Å². The average molecular weight is 325 g/mol. The molecule has 5 heteroatoms. The molecule has 24 heavy (non-hydrogen) atoms. The Balaban J connectivity index is 2.02. The van der Waals surface area contributed by atoms with Crippen LogP contribution in [0.4, 0.5) is 5.69 Å². The molecule has 2 aromatic rings. The summed E-state index contributed by atoms with van der Waals surface area (Å²) in [5.74, 6) is -0.477. The third-order valence-electron chi connectivity index (χ3n) is 4.05. The SMILES string of the molecule is Cc1ccc2c(c1)OC(C)(C)C(=O)N2Cc1cccc(C(=O)O)c1. The number of fused-ring (bicyclic) bond motifs is 1. The molecule has 0 atom stereocenters. The minimum absolute atomic E-state index is 0.153. The molecule has 0 radical (unpaired) electrons. The number of carboxylic acid groups (broad SMARTS) is 1. The van der Waals surface area contributed by atoms with E-state index in [2.05, 4.69) is 0 Å². The lowest BCUT2D eigenvalue weighted by Gasteiger charge is -2.39. The number of ether oxygens (including phenoxy) is 1. The van der Waals surface area contributed by atoms with E-state index in [-0.39, 0.29) is 11.5 Å². The van der Waals surface area contributed by atoms with E-state index < -0.39 is 11.6 Å². The Kier molecular flexibility index (Phi) is 3.79. The van der Waals surface area contributed by atoms with E-state index in [1.165, 1.54) is 6.07 Å². The lowest BCUT2D eigenvalue weighted by molar-refractivity contribution is -0.132. The molecule has 0 unspecified atom stereocenters. The van der Waals surface area contributed by atoms with Crippen molar-refractivity contribution in [3.05, 3.63) is 59.2 Å². The van der Waals surface area contributed by atoms with Gasteiger partial charge in [0, 0.05) is 0 Å². The van der Waals surface area contributed by atoms with Gasteiger partial charge in [-0.25, -0.2) is 4.79 Å². The molecular formula is C19H19NO4. The third kappa shape index (κ3) is 2.85. The quantitative estimate of drug-likeness (QED) is 0.939. The van der Waals surface area contributed by atoms with E-state index in [0.717, 1.165) is 11.1 Å². The molecule has 1 amide bonds. The Labute approximate surface area is 140 Å². The number of carbonyl (C=O) groups excluding carboxylic acids is 1. The van der Waals surface area contributed by atoms with Crippen molar-refractivity contribution < 1.29 is 19.4 Å². The van der Waals surface area contributed by atoms with Gasteiger partial charge in [0.25, 0.3) is 5.91 Å². The number of aromatic carboxylic acids is 1. The van der Waals surface area contributed by atoms with Crippen LogP contribution in [0.15, 0.2) is 42.5 Å². The second kappa shape index (κ2) is 5.67. The zero-order valence-electron chi connectivity index (χ0n) is 13.9. The molecule has 0 aliphatic carbocycles. The van der Waals surface area contributed by atoms with Crippen LogP contribution >= 0.6 is 0 Å². The van der Waals surface area contributed by atoms with Crippen LogP contribution in [0.1, 0.15) is 35.3 Å². The summed E-state index contributed by atoms with van der Waals surface area (Å²) in [6.45, 7) is 5.74. The Morgan fingerprint density at radius 1 is 1.21 bits per heavy atom. The first-order chi connectivity index (χ1) is 11.3. The van der Waals surface area contributed by atoms with Gasteiger partial charge in [0.05, 0.1) is 17.8 Å². The maximum Gasteiger partial charge on any atom is 0.335 e. The van der Waals surface area contributed by atoms with E-state index in [4.69, 9.17) is 9.84 Å². The van der Waals surface area contributed by atoms with Crippen molar-refractivity contribution in [3.8, 4) is 5.75 Å². The number of aryl methyl sites for hydroxylation is 1. The maximum absolute atomic E-state index is 12.8. The minimum atomic E-state index is -0.985. The van der Waals surface area contributed by atoms with Crippen molar-refractivity contribution in [2.75, 3.05) is 4.90 Å². The highest BCUT2D eigenvalue weighted by Crippen LogP contribution is 2.39. The summed E-state index contributed by atoms with van der Waals surface area (Å²) in [4.78, 5) is 25.6. The predicted octanol–water partition coefficient (Wildman–Crippen LogP) is 3.40. The van der Waals surface area contributed by atoms with Gasteiger partial charge in [0.2, 0.25) is 0 Å². The van der Waals surface area contributed by atoms with Crippen molar-refractivity contribution in [2.24, 2.45) is 0 Å². The number of anilines is 1. The Hall–Kier alpha value is -2.82. The first-order valence-corrected chi connectivity index (χ1v) is 7.72. The van der Waals surface area contributed by atoms with Crippen LogP contribution in [0.5, 0.6) is 5.75 Å². The molecule has 0 saturated heterocycles. The van der Waals surface area contributed by atoms with E-state index in [1.54, 1.807) is 30.9 Å². The number of rotatable bonds is 3. The zero-order chi connectivity index (χ0) is 17.5. The summed E-state index contributed by atoms with van der Waals surface area (Å²) in [6.07, 6.45) is 0. The topological polar surface area (TPSA) is 66.8 Å². The van der Waals surface area contributed by atoms with Gasteiger partial charge in [-0.3, -0.25) is 4.79 Å². The van der Waals surface area contributed by atoms with Gasteiger partial charge in [0.15, 0.2) is 5.60 Å². The van der Waals surface area contributed by atoms with Crippen LogP contribution < -0.4 is 9.64 Å². The summed E-state index contributed by atoms with van der Waals surface area (Å²) in [5.41, 5.74) is 1.74. The Morgan fingerprint density at radius 3 is 2.67 bits per heavy atom. The van der Waals surface area contributed by atoms with Gasteiger partial charge in [-0.1, -0.05) is 18.2 Å². The largest absolute Gasteiger partial charge is 0.478 e. The second-order valence-corrected chi connectivity index (χ2v) is 6.48. The molecule has 124 valence electrons. The molecule has 1 N–H and O–H groups in total. The highest BCUT2D eigenvalue weighted by molar-refractivity contribution is 6.02. The number of nitrogens with zero attached hydrogens (tertiary/aromatic N) is 1. The molecule has 1 aliphatic rings. The highest BCUT2D eigenvalue weighted by atomic mass is 16.5. The number of amides is 1. The van der Waals surface area contributed by atoms with Crippen LogP contribution in [-0.4, -0.2) is 22.6 Å². The lowest BCUT2D eigenvalue weighted by atomic mass is 10.0. The summed E-state index contributed by atoms with van der Waals surface area (Å²) >= 11 is 0. The number of carbonyl (C=O) groups is 2. The summed E-state index contributed by atoms with van der Waals surface area (Å²) < 4.78 is 5.86. The van der Waals surface area contributed by atoms with Crippen molar-refractivity contribution in [2.45, 2.75) is 32.9 Å². The summed E-state index contributed by atoms with van der Waals surface area (Å²) in [7, 11) is 0. The van der Waals surface area contributed by atoms with E-state index in [9.17, 15) is 9.59 Å². The third-order valence-corrected chi connectivity index (χ3v) is 4.05. The molecule has 1 heterocycles. The molecule has 0 aromatic heterocycles.